The van der Waals surface area contributed by atoms with Gasteiger partial charge in [-0.05, 0) is 32.6 Å². The molecule has 0 radical (unpaired) electrons. The van der Waals surface area contributed by atoms with E-state index in [1.54, 1.807) is 6.33 Å². The van der Waals surface area contributed by atoms with Crippen LogP contribution in [0, 0.1) is 31.1 Å². The summed E-state index contributed by atoms with van der Waals surface area (Å²) in [6, 6.07) is 2.25. The monoisotopic (exact) mass is 204 g/mol. The number of imidazole rings is 1. The van der Waals surface area contributed by atoms with Crippen LogP contribution in [0.5, 0.6) is 0 Å². The first-order chi connectivity index (χ1) is 7.07. The Kier molecular flexibility index (Phi) is 2.28. The van der Waals surface area contributed by atoms with E-state index in [2.05, 4.69) is 11.1 Å². The largest absolute Gasteiger partial charge is 0.332 e. The summed E-state index contributed by atoms with van der Waals surface area (Å²) < 4.78 is 1.98. The number of nitrogens with zero attached hydrogens (tertiary/aromatic N) is 3. The predicted octanol–water partition coefficient (Wildman–Crippen LogP) is 1.13. The molecule has 4 nitrogen and oxygen atoms in total. The number of rotatable bonds is 3. The first kappa shape index (κ1) is 10.2. The zero-order valence-electron chi connectivity index (χ0n) is 9.20. The maximum Gasteiger partial charge on any atom is 0.125 e. The van der Waals surface area contributed by atoms with Gasteiger partial charge in [-0.3, -0.25) is 0 Å². The molecule has 1 aliphatic carbocycles. The highest BCUT2D eigenvalue weighted by molar-refractivity contribution is 5.16. The summed E-state index contributed by atoms with van der Waals surface area (Å²) in [5.74, 6) is 0.365. The summed E-state index contributed by atoms with van der Waals surface area (Å²) in [6.45, 7) is 4.53. The van der Waals surface area contributed by atoms with Crippen LogP contribution in [0.2, 0.25) is 0 Å². The summed E-state index contributed by atoms with van der Waals surface area (Å²) in [4.78, 5) is 4.21. The number of hydrogen-bond acceptors (Lipinski definition) is 3. The summed E-state index contributed by atoms with van der Waals surface area (Å²) in [7, 11) is 0. The minimum Gasteiger partial charge on any atom is -0.332 e. The molecule has 1 heterocycles. The molecule has 0 saturated heterocycles. The molecule has 1 fully saturated rings. The average molecular weight is 204 g/mol. The summed E-state index contributed by atoms with van der Waals surface area (Å²) in [5, 5.41) is 9.15. The van der Waals surface area contributed by atoms with Gasteiger partial charge in [-0.15, -0.1) is 0 Å². The third-order valence-electron chi connectivity index (χ3n) is 3.29. The van der Waals surface area contributed by atoms with E-state index in [9.17, 15) is 0 Å². The molecule has 0 spiro atoms. The van der Waals surface area contributed by atoms with E-state index in [1.165, 1.54) is 0 Å². The van der Waals surface area contributed by atoms with Crippen molar-refractivity contribution in [1.29, 1.82) is 5.26 Å². The van der Waals surface area contributed by atoms with Crippen molar-refractivity contribution >= 4 is 0 Å². The Balaban J connectivity index is 2.20. The maximum absolute atomic E-state index is 9.15. The van der Waals surface area contributed by atoms with Crippen LogP contribution < -0.4 is 5.73 Å². The Morgan fingerprint density at radius 2 is 2.33 bits per heavy atom. The molecule has 1 saturated carbocycles. The first-order valence-corrected chi connectivity index (χ1v) is 5.25. The minimum atomic E-state index is -0.710. The zero-order chi connectivity index (χ0) is 11.1. The molecular weight excluding hydrogens is 188 g/mol. The molecule has 0 bridgehead atoms. The minimum absolute atomic E-state index is 0.365. The van der Waals surface area contributed by atoms with E-state index in [1.807, 2.05) is 18.4 Å². The van der Waals surface area contributed by atoms with Gasteiger partial charge in [0.1, 0.15) is 5.54 Å². The van der Waals surface area contributed by atoms with Crippen LogP contribution in [0.4, 0.5) is 0 Å². The Bertz CT molecular complexity index is 411. The molecule has 2 N–H and O–H groups in total. The Labute approximate surface area is 89.7 Å². The third kappa shape index (κ3) is 1.75. The van der Waals surface area contributed by atoms with Crippen LogP contribution in [0.15, 0.2) is 6.33 Å². The summed E-state index contributed by atoms with van der Waals surface area (Å²) in [6.07, 6.45) is 3.93. The van der Waals surface area contributed by atoms with Gasteiger partial charge >= 0.3 is 0 Å². The Hall–Kier alpha value is -1.34. The highest BCUT2D eigenvalue weighted by atomic mass is 15.1. The standard InChI is InChI=1S/C11H16N4/c1-8-9(2)15(7-14-8)6-11(13,5-12)10-3-4-10/h7,10H,3-4,6,13H2,1-2H3. The second-order valence-corrected chi connectivity index (χ2v) is 4.47. The van der Waals surface area contributed by atoms with Crippen LogP contribution in [0.1, 0.15) is 24.2 Å². The summed E-state index contributed by atoms with van der Waals surface area (Å²) in [5.41, 5.74) is 7.50. The molecule has 0 amide bonds. The number of nitriles is 1. The smallest absolute Gasteiger partial charge is 0.125 e. The van der Waals surface area contributed by atoms with E-state index >= 15 is 0 Å². The maximum atomic E-state index is 9.15. The molecule has 4 heteroatoms. The average Bonchev–Trinajstić information content (AvgIpc) is 3.02. The van der Waals surface area contributed by atoms with Crippen molar-refractivity contribution in [2.75, 3.05) is 0 Å². The lowest BCUT2D eigenvalue weighted by Gasteiger charge is -2.22. The van der Waals surface area contributed by atoms with Crippen molar-refractivity contribution in [2.24, 2.45) is 11.7 Å². The van der Waals surface area contributed by atoms with Crippen LogP contribution >= 0.6 is 0 Å². The van der Waals surface area contributed by atoms with Gasteiger partial charge < -0.3 is 10.3 Å². The predicted molar refractivity (Wildman–Crippen MR) is 57.0 cm³/mol. The van der Waals surface area contributed by atoms with Crippen molar-refractivity contribution in [3.8, 4) is 6.07 Å². The molecule has 1 aromatic heterocycles. The molecule has 15 heavy (non-hydrogen) atoms. The van der Waals surface area contributed by atoms with Crippen LogP contribution in [-0.2, 0) is 6.54 Å². The second kappa shape index (κ2) is 3.35. The van der Waals surface area contributed by atoms with Gasteiger partial charge in [0.05, 0.1) is 24.6 Å². The molecule has 0 aliphatic heterocycles. The molecule has 1 aliphatic rings. The number of nitrogens with two attached hydrogens (primary N) is 1. The van der Waals surface area contributed by atoms with Gasteiger partial charge in [0, 0.05) is 5.69 Å². The number of aromatic nitrogens is 2. The van der Waals surface area contributed by atoms with Gasteiger partial charge in [-0.25, -0.2) is 4.98 Å². The fourth-order valence-corrected chi connectivity index (χ4v) is 1.84. The lowest BCUT2D eigenvalue weighted by atomic mass is 9.96. The van der Waals surface area contributed by atoms with Crippen LogP contribution in [0.3, 0.4) is 0 Å². The van der Waals surface area contributed by atoms with E-state index in [0.29, 0.717) is 12.5 Å². The van der Waals surface area contributed by atoms with Crippen LogP contribution in [0.25, 0.3) is 0 Å². The third-order valence-corrected chi connectivity index (χ3v) is 3.29. The van der Waals surface area contributed by atoms with Crippen molar-refractivity contribution in [3.05, 3.63) is 17.7 Å². The molecule has 1 aromatic rings. The topological polar surface area (TPSA) is 67.6 Å². The Morgan fingerprint density at radius 3 is 2.73 bits per heavy atom. The number of aryl methyl sites for hydroxylation is 1. The van der Waals surface area contributed by atoms with E-state index in [4.69, 9.17) is 11.0 Å². The van der Waals surface area contributed by atoms with Crippen molar-refractivity contribution in [3.63, 3.8) is 0 Å². The zero-order valence-corrected chi connectivity index (χ0v) is 9.20. The molecular formula is C11H16N4. The quantitative estimate of drug-likeness (QED) is 0.802. The molecule has 2 rings (SSSR count). The van der Waals surface area contributed by atoms with Crippen LogP contribution in [-0.4, -0.2) is 15.1 Å². The molecule has 80 valence electrons. The van der Waals surface area contributed by atoms with E-state index in [-0.39, 0.29) is 0 Å². The van der Waals surface area contributed by atoms with Gasteiger partial charge in [0.15, 0.2) is 0 Å². The molecule has 1 atom stereocenters. The lowest BCUT2D eigenvalue weighted by Crippen LogP contribution is -2.44. The lowest BCUT2D eigenvalue weighted by molar-refractivity contribution is 0.401. The van der Waals surface area contributed by atoms with Gasteiger partial charge in [-0.1, -0.05) is 0 Å². The molecule has 0 aromatic carbocycles. The SMILES string of the molecule is Cc1ncn(CC(N)(C#N)C2CC2)c1C. The Morgan fingerprint density at radius 1 is 1.67 bits per heavy atom. The van der Waals surface area contributed by atoms with Crippen molar-refractivity contribution in [2.45, 2.75) is 38.8 Å². The number of hydrogen-bond donors (Lipinski definition) is 1. The van der Waals surface area contributed by atoms with Crippen molar-refractivity contribution in [1.82, 2.24) is 9.55 Å². The van der Waals surface area contributed by atoms with E-state index < -0.39 is 5.54 Å². The van der Waals surface area contributed by atoms with Crippen molar-refractivity contribution < 1.29 is 0 Å². The fraction of sp³-hybridized carbons (Fsp3) is 0.636. The molecule has 1 unspecified atom stereocenters. The highest BCUT2D eigenvalue weighted by Gasteiger charge is 2.43. The van der Waals surface area contributed by atoms with Gasteiger partial charge in [0.25, 0.3) is 0 Å². The van der Waals surface area contributed by atoms with Gasteiger partial charge in [0.2, 0.25) is 0 Å². The highest BCUT2D eigenvalue weighted by Crippen LogP contribution is 2.38. The normalized spacial score (nSPS) is 19.6. The summed E-state index contributed by atoms with van der Waals surface area (Å²) >= 11 is 0. The van der Waals surface area contributed by atoms with Gasteiger partial charge in [-0.2, -0.15) is 5.26 Å². The second-order valence-electron chi connectivity index (χ2n) is 4.47. The van der Waals surface area contributed by atoms with E-state index in [0.717, 1.165) is 24.2 Å². The fourth-order valence-electron chi connectivity index (χ4n) is 1.84. The first-order valence-electron chi connectivity index (χ1n) is 5.25.